The van der Waals surface area contributed by atoms with Crippen LogP contribution in [0.2, 0.25) is 0 Å². The highest BCUT2D eigenvalue weighted by atomic mass is 16.5. The number of allylic oxidation sites excluding steroid dienone is 5. The molecule has 1 aromatic rings. The molecule has 0 radical (unpaired) electrons. The predicted molar refractivity (Wildman–Crippen MR) is 80.0 cm³/mol. The summed E-state index contributed by atoms with van der Waals surface area (Å²) in [5.74, 6) is 0.955. The van der Waals surface area contributed by atoms with Gasteiger partial charge in [0, 0.05) is 0 Å². The Morgan fingerprint density at radius 2 is 2.06 bits per heavy atom. The fourth-order valence-corrected chi connectivity index (χ4v) is 1.90. The van der Waals surface area contributed by atoms with Crippen molar-refractivity contribution >= 4 is 5.57 Å². The fraction of sp³-hybridized carbons (Fsp3) is 0.294. The van der Waals surface area contributed by atoms with Gasteiger partial charge in [0.2, 0.25) is 0 Å². The molecule has 1 rings (SSSR count). The second kappa shape index (κ2) is 6.85. The Balaban J connectivity index is 3.26. The van der Waals surface area contributed by atoms with Crippen molar-refractivity contribution in [3.8, 4) is 5.75 Å². The Kier molecular flexibility index (Phi) is 5.44. The van der Waals surface area contributed by atoms with Crippen molar-refractivity contribution < 1.29 is 4.74 Å². The third-order valence-electron chi connectivity index (χ3n) is 2.74. The van der Waals surface area contributed by atoms with Crippen molar-refractivity contribution in [1.82, 2.24) is 0 Å². The van der Waals surface area contributed by atoms with E-state index in [-0.39, 0.29) is 0 Å². The van der Waals surface area contributed by atoms with Gasteiger partial charge in [-0.3, -0.25) is 0 Å². The lowest BCUT2D eigenvalue weighted by Gasteiger charge is -2.10. The minimum Gasteiger partial charge on any atom is -0.496 e. The van der Waals surface area contributed by atoms with Crippen LogP contribution in [0.4, 0.5) is 0 Å². The number of hydrogen-bond acceptors (Lipinski definition) is 1. The topological polar surface area (TPSA) is 9.23 Å². The van der Waals surface area contributed by atoms with Crippen molar-refractivity contribution in [2.75, 3.05) is 7.11 Å². The quantitative estimate of drug-likeness (QED) is 0.674. The maximum atomic E-state index is 5.36. The summed E-state index contributed by atoms with van der Waals surface area (Å²) in [6, 6.07) is 6.31. The van der Waals surface area contributed by atoms with E-state index in [2.05, 4.69) is 45.6 Å². The van der Waals surface area contributed by atoms with Gasteiger partial charge in [0.15, 0.2) is 0 Å². The molecule has 96 valence electrons. The number of hydrogen-bond donors (Lipinski definition) is 0. The third kappa shape index (κ3) is 3.63. The van der Waals surface area contributed by atoms with E-state index < -0.39 is 0 Å². The largest absolute Gasteiger partial charge is 0.496 e. The van der Waals surface area contributed by atoms with Crippen LogP contribution < -0.4 is 4.74 Å². The zero-order valence-electron chi connectivity index (χ0n) is 11.8. The molecule has 0 heterocycles. The highest BCUT2D eigenvalue weighted by Gasteiger charge is 2.04. The summed E-state index contributed by atoms with van der Waals surface area (Å²) in [7, 11) is 1.71. The van der Waals surface area contributed by atoms with E-state index in [4.69, 9.17) is 4.74 Å². The van der Waals surface area contributed by atoms with Crippen LogP contribution in [0.1, 0.15) is 31.9 Å². The van der Waals surface area contributed by atoms with Crippen molar-refractivity contribution in [2.24, 2.45) is 0 Å². The minimum atomic E-state index is 0.955. The summed E-state index contributed by atoms with van der Waals surface area (Å²) in [6.45, 7) is 10.1. The Morgan fingerprint density at radius 3 is 2.56 bits per heavy atom. The first-order chi connectivity index (χ1) is 8.62. The monoisotopic (exact) mass is 242 g/mol. The van der Waals surface area contributed by atoms with Gasteiger partial charge in [0.25, 0.3) is 0 Å². The standard InChI is InChI=1S/C17H22O/c1-6-8-15(11-13(3)4)16-9-10-17(18-5)14(7-2)12-16/h6,8-12H,1,7H2,2-5H3/b15-8+. The van der Waals surface area contributed by atoms with Crippen LogP contribution in [0.25, 0.3) is 5.57 Å². The molecule has 0 atom stereocenters. The van der Waals surface area contributed by atoms with Crippen molar-refractivity contribution in [3.63, 3.8) is 0 Å². The maximum absolute atomic E-state index is 5.36. The van der Waals surface area contributed by atoms with Gasteiger partial charge in [-0.25, -0.2) is 0 Å². The minimum absolute atomic E-state index is 0.955. The average molecular weight is 242 g/mol. The number of methoxy groups -OCH3 is 1. The summed E-state index contributed by atoms with van der Waals surface area (Å²) >= 11 is 0. The van der Waals surface area contributed by atoms with Gasteiger partial charge < -0.3 is 4.74 Å². The molecule has 0 spiro atoms. The number of rotatable bonds is 5. The molecule has 0 fully saturated rings. The lowest BCUT2D eigenvalue weighted by atomic mass is 9.99. The smallest absolute Gasteiger partial charge is 0.122 e. The van der Waals surface area contributed by atoms with Gasteiger partial charge in [0.05, 0.1) is 7.11 Å². The van der Waals surface area contributed by atoms with Gasteiger partial charge in [-0.05, 0) is 49.1 Å². The normalized spacial score (nSPS) is 11.0. The summed E-state index contributed by atoms with van der Waals surface area (Å²) in [4.78, 5) is 0. The van der Waals surface area contributed by atoms with E-state index in [9.17, 15) is 0 Å². The van der Waals surface area contributed by atoms with Gasteiger partial charge in [-0.15, -0.1) is 0 Å². The lowest BCUT2D eigenvalue weighted by molar-refractivity contribution is 0.410. The molecule has 0 aliphatic carbocycles. The second-order valence-corrected chi connectivity index (χ2v) is 4.46. The molecule has 0 saturated carbocycles. The molecule has 1 aromatic carbocycles. The first-order valence-corrected chi connectivity index (χ1v) is 6.27. The molecular formula is C17H22O. The molecule has 18 heavy (non-hydrogen) atoms. The Hall–Kier alpha value is -1.76. The van der Waals surface area contributed by atoms with Crippen LogP contribution in [-0.2, 0) is 6.42 Å². The number of aryl methyl sites for hydroxylation is 1. The van der Waals surface area contributed by atoms with E-state index in [1.807, 2.05) is 18.2 Å². The van der Waals surface area contributed by atoms with Crippen LogP contribution in [0.15, 0.2) is 48.6 Å². The molecule has 0 aromatic heterocycles. The Morgan fingerprint density at radius 1 is 1.33 bits per heavy atom. The highest BCUT2D eigenvalue weighted by Crippen LogP contribution is 2.25. The molecule has 0 unspecified atom stereocenters. The number of benzene rings is 1. The second-order valence-electron chi connectivity index (χ2n) is 4.46. The van der Waals surface area contributed by atoms with E-state index in [1.165, 1.54) is 22.3 Å². The van der Waals surface area contributed by atoms with Crippen LogP contribution in [0, 0.1) is 0 Å². The Labute approximate surface area is 110 Å². The van der Waals surface area contributed by atoms with E-state index in [0.29, 0.717) is 0 Å². The highest BCUT2D eigenvalue weighted by molar-refractivity contribution is 5.76. The molecule has 1 heteroatoms. The average Bonchev–Trinajstić information content (AvgIpc) is 2.37. The summed E-state index contributed by atoms with van der Waals surface area (Å²) in [6.07, 6.45) is 7.00. The van der Waals surface area contributed by atoms with Crippen molar-refractivity contribution in [1.29, 1.82) is 0 Å². The van der Waals surface area contributed by atoms with Crippen LogP contribution >= 0.6 is 0 Å². The van der Waals surface area contributed by atoms with E-state index in [1.54, 1.807) is 7.11 Å². The first-order valence-electron chi connectivity index (χ1n) is 6.27. The molecule has 1 nitrogen and oxygen atoms in total. The summed E-state index contributed by atoms with van der Waals surface area (Å²) in [5, 5.41) is 0. The van der Waals surface area contributed by atoms with Gasteiger partial charge in [-0.2, -0.15) is 0 Å². The first kappa shape index (κ1) is 14.3. The zero-order chi connectivity index (χ0) is 13.5. The van der Waals surface area contributed by atoms with Gasteiger partial charge in [-0.1, -0.05) is 43.4 Å². The molecule has 0 aliphatic rings. The van der Waals surface area contributed by atoms with Crippen LogP contribution in [-0.4, -0.2) is 7.11 Å². The SMILES string of the molecule is C=C/C=C(\C=C(C)C)c1ccc(OC)c(CC)c1. The molecule has 0 aliphatic heterocycles. The molecule has 0 N–H and O–H groups in total. The van der Waals surface area contributed by atoms with Crippen LogP contribution in [0.3, 0.4) is 0 Å². The zero-order valence-corrected chi connectivity index (χ0v) is 11.8. The van der Waals surface area contributed by atoms with Crippen LogP contribution in [0.5, 0.6) is 5.75 Å². The van der Waals surface area contributed by atoms with Gasteiger partial charge in [0.1, 0.15) is 5.75 Å². The predicted octanol–water partition coefficient (Wildman–Crippen LogP) is 4.79. The molecular weight excluding hydrogens is 220 g/mol. The number of ether oxygens (including phenoxy) is 1. The van der Waals surface area contributed by atoms with E-state index in [0.717, 1.165) is 12.2 Å². The lowest BCUT2D eigenvalue weighted by Crippen LogP contribution is -1.92. The van der Waals surface area contributed by atoms with Crippen molar-refractivity contribution in [3.05, 3.63) is 59.7 Å². The third-order valence-corrected chi connectivity index (χ3v) is 2.74. The molecule has 0 bridgehead atoms. The molecule has 0 saturated heterocycles. The Bertz CT molecular complexity index is 474. The molecule has 0 amide bonds. The van der Waals surface area contributed by atoms with E-state index >= 15 is 0 Å². The fourth-order valence-electron chi connectivity index (χ4n) is 1.90. The maximum Gasteiger partial charge on any atom is 0.122 e. The summed E-state index contributed by atoms with van der Waals surface area (Å²) < 4.78 is 5.36. The van der Waals surface area contributed by atoms with Gasteiger partial charge >= 0.3 is 0 Å². The summed E-state index contributed by atoms with van der Waals surface area (Å²) in [5.41, 5.74) is 4.89. The van der Waals surface area contributed by atoms with Crippen molar-refractivity contribution in [2.45, 2.75) is 27.2 Å².